The van der Waals surface area contributed by atoms with E-state index in [0.29, 0.717) is 13.0 Å². The molecule has 7 nitrogen and oxygen atoms in total. The first-order valence-electron chi connectivity index (χ1n) is 10.5. The molecule has 0 radical (unpaired) electrons. The Bertz CT molecular complexity index is 992. The SMILES string of the molecule is CC(OC(=O)CCC(=O)N1CCC(c2ccccc2)=N1)C(=O)NC(C)c1ccc(F)cc1. The normalized spacial score (nSPS) is 15.0. The third-order valence-electron chi connectivity index (χ3n) is 5.15. The van der Waals surface area contributed by atoms with Crippen molar-refractivity contribution in [2.24, 2.45) is 5.10 Å². The summed E-state index contributed by atoms with van der Waals surface area (Å²) in [7, 11) is 0. The number of benzene rings is 2. The van der Waals surface area contributed by atoms with Crippen LogP contribution in [0.3, 0.4) is 0 Å². The fraction of sp³-hybridized carbons (Fsp3) is 0.333. The molecule has 8 heteroatoms. The third kappa shape index (κ3) is 6.23. The summed E-state index contributed by atoms with van der Waals surface area (Å²) in [6, 6.07) is 15.0. The topological polar surface area (TPSA) is 88.1 Å². The third-order valence-corrected chi connectivity index (χ3v) is 5.15. The Kier molecular flexibility index (Phi) is 7.70. The van der Waals surface area contributed by atoms with Crippen molar-refractivity contribution < 1.29 is 23.5 Å². The molecule has 2 unspecified atom stereocenters. The van der Waals surface area contributed by atoms with E-state index in [-0.39, 0.29) is 30.6 Å². The molecule has 0 spiro atoms. The Balaban J connectivity index is 1.43. The fourth-order valence-corrected chi connectivity index (χ4v) is 3.28. The van der Waals surface area contributed by atoms with Crippen LogP contribution >= 0.6 is 0 Å². The minimum atomic E-state index is -1.02. The van der Waals surface area contributed by atoms with E-state index < -0.39 is 18.0 Å². The van der Waals surface area contributed by atoms with E-state index in [0.717, 1.165) is 16.8 Å². The number of halogens is 1. The first-order valence-corrected chi connectivity index (χ1v) is 10.5. The minimum Gasteiger partial charge on any atom is -0.453 e. The predicted molar refractivity (Wildman–Crippen MR) is 117 cm³/mol. The Labute approximate surface area is 186 Å². The van der Waals surface area contributed by atoms with Gasteiger partial charge < -0.3 is 10.1 Å². The second kappa shape index (κ2) is 10.7. The number of ether oxygens (including phenoxy) is 1. The van der Waals surface area contributed by atoms with Crippen molar-refractivity contribution in [1.29, 1.82) is 0 Å². The Morgan fingerprint density at radius 1 is 1.06 bits per heavy atom. The van der Waals surface area contributed by atoms with Crippen LogP contribution in [0.15, 0.2) is 59.7 Å². The summed E-state index contributed by atoms with van der Waals surface area (Å²) >= 11 is 0. The molecular formula is C24H26FN3O4. The molecule has 3 rings (SSSR count). The van der Waals surface area contributed by atoms with Crippen LogP contribution in [-0.2, 0) is 19.1 Å². The lowest BCUT2D eigenvalue weighted by atomic mass is 10.1. The zero-order valence-electron chi connectivity index (χ0n) is 18.1. The molecule has 0 bridgehead atoms. The number of nitrogens with zero attached hydrogens (tertiary/aromatic N) is 2. The summed E-state index contributed by atoms with van der Waals surface area (Å²) in [5.74, 6) is -1.74. The molecule has 1 aliphatic rings. The number of esters is 1. The molecule has 32 heavy (non-hydrogen) atoms. The van der Waals surface area contributed by atoms with Gasteiger partial charge in [-0.15, -0.1) is 0 Å². The molecule has 1 aliphatic heterocycles. The average Bonchev–Trinajstić information content (AvgIpc) is 3.29. The molecule has 0 saturated heterocycles. The molecular weight excluding hydrogens is 413 g/mol. The van der Waals surface area contributed by atoms with Crippen molar-refractivity contribution in [1.82, 2.24) is 10.3 Å². The van der Waals surface area contributed by atoms with Gasteiger partial charge in [0.15, 0.2) is 6.10 Å². The maximum Gasteiger partial charge on any atom is 0.307 e. The second-order valence-corrected chi connectivity index (χ2v) is 7.59. The standard InChI is InChI=1S/C24H26FN3O4/c1-16(18-8-10-20(25)11-9-18)26-24(31)17(2)32-23(30)13-12-22(29)28-15-14-21(27-28)19-6-4-3-5-7-19/h3-11,16-17H,12-15H2,1-2H3,(H,26,31). The van der Waals surface area contributed by atoms with Crippen molar-refractivity contribution in [2.75, 3.05) is 6.54 Å². The lowest BCUT2D eigenvalue weighted by Crippen LogP contribution is -2.37. The van der Waals surface area contributed by atoms with Gasteiger partial charge in [-0.1, -0.05) is 42.5 Å². The van der Waals surface area contributed by atoms with Gasteiger partial charge in [-0.25, -0.2) is 9.40 Å². The van der Waals surface area contributed by atoms with E-state index in [1.165, 1.54) is 24.1 Å². The molecule has 1 N–H and O–H groups in total. The molecule has 0 saturated carbocycles. The summed E-state index contributed by atoms with van der Waals surface area (Å²) in [5, 5.41) is 8.44. The zero-order valence-corrected chi connectivity index (χ0v) is 18.1. The van der Waals surface area contributed by atoms with Crippen molar-refractivity contribution in [2.45, 2.75) is 45.3 Å². The highest BCUT2D eigenvalue weighted by Gasteiger charge is 2.24. The summed E-state index contributed by atoms with van der Waals surface area (Å²) < 4.78 is 18.2. The average molecular weight is 439 g/mol. The van der Waals surface area contributed by atoms with Crippen molar-refractivity contribution in [3.63, 3.8) is 0 Å². The van der Waals surface area contributed by atoms with Gasteiger partial charge in [0.1, 0.15) is 5.82 Å². The molecule has 168 valence electrons. The Hall–Kier alpha value is -3.55. The van der Waals surface area contributed by atoms with Gasteiger partial charge in [0.05, 0.1) is 24.7 Å². The van der Waals surface area contributed by atoms with Crippen LogP contribution in [0.1, 0.15) is 50.3 Å². The number of hydrogen-bond acceptors (Lipinski definition) is 5. The van der Waals surface area contributed by atoms with E-state index in [1.54, 1.807) is 19.1 Å². The fourth-order valence-electron chi connectivity index (χ4n) is 3.28. The summed E-state index contributed by atoms with van der Waals surface area (Å²) in [6.45, 7) is 3.68. The van der Waals surface area contributed by atoms with Crippen LogP contribution in [0.2, 0.25) is 0 Å². The summed E-state index contributed by atoms with van der Waals surface area (Å²) in [6.07, 6.45) is -0.555. The molecule has 1 heterocycles. The highest BCUT2D eigenvalue weighted by atomic mass is 19.1. The maximum absolute atomic E-state index is 13.0. The van der Waals surface area contributed by atoms with Crippen LogP contribution in [0.5, 0.6) is 0 Å². The second-order valence-electron chi connectivity index (χ2n) is 7.59. The van der Waals surface area contributed by atoms with Gasteiger partial charge in [0.25, 0.3) is 5.91 Å². The Morgan fingerprint density at radius 3 is 2.44 bits per heavy atom. The van der Waals surface area contributed by atoms with Gasteiger partial charge in [-0.05, 0) is 37.1 Å². The van der Waals surface area contributed by atoms with Crippen molar-refractivity contribution in [3.05, 3.63) is 71.5 Å². The number of carbonyl (C=O) groups excluding carboxylic acids is 3. The molecule has 2 aromatic rings. The monoisotopic (exact) mass is 439 g/mol. The summed E-state index contributed by atoms with van der Waals surface area (Å²) in [4.78, 5) is 36.8. The zero-order chi connectivity index (χ0) is 23.1. The van der Waals surface area contributed by atoms with Gasteiger partial charge in [0.2, 0.25) is 5.91 Å². The largest absolute Gasteiger partial charge is 0.453 e. The van der Waals surface area contributed by atoms with Crippen LogP contribution in [0.25, 0.3) is 0 Å². The number of nitrogens with one attached hydrogen (secondary N) is 1. The lowest BCUT2D eigenvalue weighted by Gasteiger charge is -2.18. The summed E-state index contributed by atoms with van der Waals surface area (Å²) in [5.41, 5.74) is 2.53. The van der Waals surface area contributed by atoms with Gasteiger partial charge >= 0.3 is 5.97 Å². The minimum absolute atomic E-state index is 0.0509. The quantitative estimate of drug-likeness (QED) is 0.639. The van der Waals surface area contributed by atoms with Gasteiger partial charge in [-0.3, -0.25) is 14.4 Å². The van der Waals surface area contributed by atoms with E-state index in [9.17, 15) is 18.8 Å². The van der Waals surface area contributed by atoms with Crippen LogP contribution in [0, 0.1) is 5.82 Å². The number of hydrazone groups is 1. The van der Waals surface area contributed by atoms with Crippen molar-refractivity contribution in [3.8, 4) is 0 Å². The van der Waals surface area contributed by atoms with Crippen LogP contribution in [-0.4, -0.2) is 41.2 Å². The first-order chi connectivity index (χ1) is 15.3. The van der Waals surface area contributed by atoms with E-state index in [4.69, 9.17) is 4.74 Å². The molecule has 0 aliphatic carbocycles. The highest BCUT2D eigenvalue weighted by molar-refractivity contribution is 6.02. The Morgan fingerprint density at radius 2 is 1.75 bits per heavy atom. The van der Waals surface area contributed by atoms with Crippen LogP contribution < -0.4 is 5.32 Å². The molecule has 2 amide bonds. The van der Waals surface area contributed by atoms with E-state index in [2.05, 4.69) is 10.4 Å². The number of hydrogen-bond donors (Lipinski definition) is 1. The lowest BCUT2D eigenvalue weighted by molar-refractivity contribution is -0.156. The number of rotatable bonds is 8. The predicted octanol–water partition coefficient (Wildman–Crippen LogP) is 3.35. The van der Waals surface area contributed by atoms with Gasteiger partial charge in [-0.2, -0.15) is 5.10 Å². The number of amides is 2. The molecule has 2 atom stereocenters. The molecule has 0 aromatic heterocycles. The molecule has 0 fully saturated rings. The molecule has 2 aromatic carbocycles. The van der Waals surface area contributed by atoms with Gasteiger partial charge in [0, 0.05) is 12.8 Å². The first kappa shape index (κ1) is 23.1. The van der Waals surface area contributed by atoms with E-state index in [1.807, 2.05) is 30.3 Å². The smallest absolute Gasteiger partial charge is 0.307 e. The van der Waals surface area contributed by atoms with E-state index >= 15 is 0 Å². The highest BCUT2D eigenvalue weighted by Crippen LogP contribution is 2.16. The number of carbonyl (C=O) groups is 3. The maximum atomic E-state index is 13.0. The van der Waals surface area contributed by atoms with Crippen molar-refractivity contribution >= 4 is 23.5 Å². The van der Waals surface area contributed by atoms with Crippen LogP contribution in [0.4, 0.5) is 4.39 Å².